The minimum Gasteiger partial charge on any atom is -0.335 e. The van der Waals surface area contributed by atoms with Crippen molar-refractivity contribution in [2.75, 3.05) is 26.2 Å². The van der Waals surface area contributed by atoms with Crippen LogP contribution in [0.15, 0.2) is 60.7 Å². The van der Waals surface area contributed by atoms with Crippen molar-refractivity contribution < 1.29 is 4.79 Å². The predicted octanol–water partition coefficient (Wildman–Crippen LogP) is 4.29. The van der Waals surface area contributed by atoms with Crippen molar-refractivity contribution in [1.82, 2.24) is 15.1 Å². The van der Waals surface area contributed by atoms with Crippen molar-refractivity contribution >= 4 is 6.03 Å². The van der Waals surface area contributed by atoms with Crippen LogP contribution in [-0.4, -0.2) is 48.1 Å². The minimum atomic E-state index is 0.0827. The third-order valence-corrected chi connectivity index (χ3v) is 5.51. The van der Waals surface area contributed by atoms with Gasteiger partial charge in [-0.3, -0.25) is 4.90 Å². The van der Waals surface area contributed by atoms with E-state index in [1.54, 1.807) is 0 Å². The Balaban J connectivity index is 1.69. The molecule has 4 heteroatoms. The van der Waals surface area contributed by atoms with Crippen molar-refractivity contribution in [2.24, 2.45) is 0 Å². The number of amides is 2. The summed E-state index contributed by atoms with van der Waals surface area (Å²) in [6.07, 6.45) is 1.96. The zero-order valence-electron chi connectivity index (χ0n) is 16.5. The summed E-state index contributed by atoms with van der Waals surface area (Å²) >= 11 is 0. The number of hydrogen-bond acceptors (Lipinski definition) is 2. The highest BCUT2D eigenvalue weighted by atomic mass is 16.2. The Morgan fingerprint density at radius 2 is 1.33 bits per heavy atom. The summed E-state index contributed by atoms with van der Waals surface area (Å²) in [7, 11) is 0. The molecule has 0 unspecified atom stereocenters. The van der Waals surface area contributed by atoms with Gasteiger partial charge in [-0.25, -0.2) is 4.79 Å². The number of nitrogens with one attached hydrogen (secondary N) is 1. The summed E-state index contributed by atoms with van der Waals surface area (Å²) in [6.45, 7) is 7.54. The second kappa shape index (κ2) is 9.56. The van der Waals surface area contributed by atoms with Crippen molar-refractivity contribution in [3.8, 4) is 0 Å². The Kier molecular flexibility index (Phi) is 6.88. The summed E-state index contributed by atoms with van der Waals surface area (Å²) < 4.78 is 0. The zero-order chi connectivity index (χ0) is 19.1. The standard InChI is InChI=1S/C23H31N3O/c1-3-21(4-2)24-23(27)26-17-15-25(16-18-26)22(19-11-7-5-8-12-19)20-13-9-6-10-14-20/h5-14,21-22H,3-4,15-18H2,1-2H3,(H,24,27). The van der Waals surface area contributed by atoms with Gasteiger partial charge in [0.25, 0.3) is 0 Å². The zero-order valence-corrected chi connectivity index (χ0v) is 16.5. The van der Waals surface area contributed by atoms with Crippen LogP contribution in [0.3, 0.4) is 0 Å². The topological polar surface area (TPSA) is 35.6 Å². The minimum absolute atomic E-state index is 0.0827. The van der Waals surface area contributed by atoms with Crippen LogP contribution < -0.4 is 5.32 Å². The van der Waals surface area contributed by atoms with Crippen molar-refractivity contribution in [3.05, 3.63) is 71.8 Å². The Hall–Kier alpha value is -2.33. The molecular weight excluding hydrogens is 334 g/mol. The fourth-order valence-electron chi connectivity index (χ4n) is 3.83. The van der Waals surface area contributed by atoms with Crippen LogP contribution >= 0.6 is 0 Å². The Labute approximate surface area is 163 Å². The molecule has 1 aliphatic heterocycles. The highest BCUT2D eigenvalue weighted by Gasteiger charge is 2.28. The third-order valence-electron chi connectivity index (χ3n) is 5.51. The molecule has 2 aromatic carbocycles. The van der Waals surface area contributed by atoms with Crippen LogP contribution in [0.4, 0.5) is 4.79 Å². The lowest BCUT2D eigenvalue weighted by Crippen LogP contribution is -2.54. The van der Waals surface area contributed by atoms with E-state index >= 15 is 0 Å². The maximum atomic E-state index is 12.5. The largest absolute Gasteiger partial charge is 0.335 e. The molecule has 4 nitrogen and oxygen atoms in total. The third kappa shape index (κ3) is 4.89. The summed E-state index contributed by atoms with van der Waals surface area (Å²) in [5.41, 5.74) is 2.61. The quantitative estimate of drug-likeness (QED) is 0.829. The molecule has 0 atom stereocenters. The number of hydrogen-bond donors (Lipinski definition) is 1. The summed E-state index contributed by atoms with van der Waals surface area (Å²) in [4.78, 5) is 17.0. The fourth-order valence-corrected chi connectivity index (χ4v) is 3.83. The van der Waals surface area contributed by atoms with E-state index in [1.165, 1.54) is 11.1 Å². The molecular formula is C23H31N3O. The lowest BCUT2D eigenvalue weighted by atomic mass is 9.96. The predicted molar refractivity (Wildman–Crippen MR) is 111 cm³/mol. The van der Waals surface area contributed by atoms with E-state index in [4.69, 9.17) is 0 Å². The van der Waals surface area contributed by atoms with Crippen LogP contribution in [0, 0.1) is 0 Å². The van der Waals surface area contributed by atoms with Gasteiger partial charge in [0.1, 0.15) is 0 Å². The molecule has 0 saturated carbocycles. The highest BCUT2D eigenvalue weighted by Crippen LogP contribution is 2.29. The number of carbonyl (C=O) groups excluding carboxylic acids is 1. The first kappa shape index (κ1) is 19.4. The average molecular weight is 366 g/mol. The first-order valence-electron chi connectivity index (χ1n) is 10.1. The molecule has 0 bridgehead atoms. The van der Waals surface area contributed by atoms with Crippen LogP contribution in [0.1, 0.15) is 43.9 Å². The van der Waals surface area contributed by atoms with E-state index in [0.717, 1.165) is 39.0 Å². The van der Waals surface area contributed by atoms with Crippen LogP contribution in [0.5, 0.6) is 0 Å². The van der Waals surface area contributed by atoms with Gasteiger partial charge in [0, 0.05) is 32.2 Å². The summed E-state index contributed by atoms with van der Waals surface area (Å²) in [5.74, 6) is 0. The molecule has 144 valence electrons. The summed E-state index contributed by atoms with van der Waals surface area (Å²) in [5, 5.41) is 3.16. The van der Waals surface area contributed by atoms with Crippen LogP contribution in [0.2, 0.25) is 0 Å². The SMILES string of the molecule is CCC(CC)NC(=O)N1CCN(C(c2ccccc2)c2ccccc2)CC1. The second-order valence-electron chi connectivity index (χ2n) is 7.21. The Morgan fingerprint density at radius 3 is 1.78 bits per heavy atom. The van der Waals surface area contributed by atoms with Crippen molar-refractivity contribution in [2.45, 2.75) is 38.8 Å². The fraction of sp³-hybridized carbons (Fsp3) is 0.435. The highest BCUT2D eigenvalue weighted by molar-refractivity contribution is 5.74. The van der Waals surface area contributed by atoms with E-state index in [-0.39, 0.29) is 18.1 Å². The van der Waals surface area contributed by atoms with E-state index < -0.39 is 0 Å². The molecule has 1 heterocycles. The van der Waals surface area contributed by atoms with Gasteiger partial charge in [-0.2, -0.15) is 0 Å². The molecule has 3 rings (SSSR count). The first-order chi connectivity index (χ1) is 13.2. The maximum absolute atomic E-state index is 12.5. The number of carbonyl (C=O) groups is 1. The molecule has 0 spiro atoms. The monoisotopic (exact) mass is 365 g/mol. The number of piperazine rings is 1. The van der Waals surface area contributed by atoms with Crippen LogP contribution in [-0.2, 0) is 0 Å². The Morgan fingerprint density at radius 1 is 0.852 bits per heavy atom. The number of urea groups is 1. The van der Waals surface area contributed by atoms with Gasteiger partial charge in [-0.15, -0.1) is 0 Å². The molecule has 0 radical (unpaired) electrons. The average Bonchev–Trinajstić information content (AvgIpc) is 2.74. The van der Waals surface area contributed by atoms with E-state index in [0.29, 0.717) is 0 Å². The molecule has 27 heavy (non-hydrogen) atoms. The number of nitrogens with zero attached hydrogens (tertiary/aromatic N) is 2. The molecule has 1 fully saturated rings. The van der Waals surface area contributed by atoms with E-state index in [9.17, 15) is 4.79 Å². The Bertz CT molecular complexity index is 653. The van der Waals surface area contributed by atoms with Gasteiger partial charge in [0.15, 0.2) is 0 Å². The lowest BCUT2D eigenvalue weighted by Gasteiger charge is -2.40. The van der Waals surface area contributed by atoms with Gasteiger partial charge in [-0.05, 0) is 24.0 Å². The van der Waals surface area contributed by atoms with E-state index in [1.807, 2.05) is 4.90 Å². The smallest absolute Gasteiger partial charge is 0.317 e. The second-order valence-corrected chi connectivity index (χ2v) is 7.21. The van der Waals surface area contributed by atoms with Gasteiger partial charge in [0.2, 0.25) is 0 Å². The number of benzene rings is 2. The number of rotatable bonds is 6. The lowest BCUT2D eigenvalue weighted by molar-refractivity contribution is 0.118. The normalized spacial score (nSPS) is 15.3. The molecule has 1 aliphatic rings. The van der Waals surface area contributed by atoms with Crippen molar-refractivity contribution in [3.63, 3.8) is 0 Å². The van der Waals surface area contributed by atoms with Gasteiger partial charge < -0.3 is 10.2 Å². The van der Waals surface area contributed by atoms with Gasteiger partial charge >= 0.3 is 6.03 Å². The summed E-state index contributed by atoms with van der Waals surface area (Å²) in [6, 6.07) is 21.9. The van der Waals surface area contributed by atoms with Crippen molar-refractivity contribution in [1.29, 1.82) is 0 Å². The molecule has 0 aromatic heterocycles. The molecule has 1 N–H and O–H groups in total. The van der Waals surface area contributed by atoms with Gasteiger partial charge in [0.05, 0.1) is 6.04 Å². The van der Waals surface area contributed by atoms with Crippen LogP contribution in [0.25, 0.3) is 0 Å². The first-order valence-corrected chi connectivity index (χ1v) is 10.1. The molecule has 2 aromatic rings. The molecule has 1 saturated heterocycles. The van der Waals surface area contributed by atoms with Gasteiger partial charge in [-0.1, -0.05) is 74.5 Å². The molecule has 2 amide bonds. The van der Waals surface area contributed by atoms with E-state index in [2.05, 4.69) is 84.7 Å². The molecule has 0 aliphatic carbocycles. The maximum Gasteiger partial charge on any atom is 0.317 e.